The smallest absolute Gasteiger partial charge is 0.409 e. The fourth-order valence-corrected chi connectivity index (χ4v) is 1.27. The molecule has 1 aliphatic heterocycles. The minimum absolute atomic E-state index is 0.0490. The highest BCUT2D eigenvalue weighted by atomic mass is 16.5. The lowest BCUT2D eigenvalue weighted by atomic mass is 10.0. The van der Waals surface area contributed by atoms with E-state index in [-0.39, 0.29) is 12.7 Å². The van der Waals surface area contributed by atoms with E-state index < -0.39 is 0 Å². The van der Waals surface area contributed by atoms with Gasteiger partial charge in [0.05, 0.1) is 26.9 Å². The van der Waals surface area contributed by atoms with Crippen LogP contribution in [0.1, 0.15) is 0 Å². The van der Waals surface area contributed by atoms with Crippen LogP contribution in [0.25, 0.3) is 0 Å². The van der Waals surface area contributed by atoms with Crippen LogP contribution in [0.2, 0.25) is 0 Å². The summed E-state index contributed by atoms with van der Waals surface area (Å²) in [6.45, 7) is 2.41. The summed E-state index contributed by atoms with van der Waals surface area (Å²) in [6, 6.07) is 0. The second-order valence-electron chi connectivity index (χ2n) is 3.04. The molecule has 1 aliphatic rings. The number of ether oxygens (including phenoxy) is 2. The van der Waals surface area contributed by atoms with Gasteiger partial charge < -0.3 is 19.5 Å². The molecule has 1 heterocycles. The summed E-state index contributed by atoms with van der Waals surface area (Å²) in [7, 11) is 1.37. The van der Waals surface area contributed by atoms with Crippen LogP contribution in [-0.2, 0) is 9.47 Å². The van der Waals surface area contributed by atoms with Crippen molar-refractivity contribution in [1.29, 1.82) is 0 Å². The molecule has 0 spiro atoms. The molecule has 13 heavy (non-hydrogen) atoms. The average Bonchev–Trinajstić information content (AvgIpc) is 2.08. The molecular weight excluding hydrogens is 174 g/mol. The molecule has 1 N–H and O–H groups in total. The maximum atomic E-state index is 10.9. The normalized spacial score (nSPS) is 16.9. The minimum atomic E-state index is -0.279. The molecule has 1 rings (SSSR count). The number of carbonyl (C=O) groups excluding carboxylic acids is 1. The highest BCUT2D eigenvalue weighted by molar-refractivity contribution is 5.68. The van der Waals surface area contributed by atoms with E-state index in [4.69, 9.17) is 9.84 Å². The third kappa shape index (κ3) is 2.86. The number of aliphatic hydroxyl groups excluding tert-OH is 1. The van der Waals surface area contributed by atoms with E-state index in [1.165, 1.54) is 7.11 Å². The molecule has 0 aromatic carbocycles. The monoisotopic (exact) mass is 189 g/mol. The summed E-state index contributed by atoms with van der Waals surface area (Å²) >= 11 is 0. The summed E-state index contributed by atoms with van der Waals surface area (Å²) in [4.78, 5) is 12.5. The second-order valence-corrected chi connectivity index (χ2v) is 3.04. The van der Waals surface area contributed by atoms with Gasteiger partial charge in [0.2, 0.25) is 0 Å². The molecule has 5 heteroatoms. The van der Waals surface area contributed by atoms with Crippen molar-refractivity contribution in [1.82, 2.24) is 4.90 Å². The zero-order valence-electron chi connectivity index (χ0n) is 7.73. The van der Waals surface area contributed by atoms with E-state index >= 15 is 0 Å². The summed E-state index contributed by atoms with van der Waals surface area (Å²) in [5, 5.41) is 8.44. The second kappa shape index (κ2) is 5.04. The molecule has 1 fully saturated rings. The number of hydrogen-bond donors (Lipinski definition) is 1. The summed E-state index contributed by atoms with van der Waals surface area (Å²) in [6.07, 6.45) is -0.279. The first-order valence-electron chi connectivity index (χ1n) is 4.29. The van der Waals surface area contributed by atoms with E-state index in [1.54, 1.807) is 4.90 Å². The van der Waals surface area contributed by atoms with E-state index in [9.17, 15) is 4.79 Å². The molecule has 76 valence electrons. The Morgan fingerprint density at radius 1 is 1.62 bits per heavy atom. The molecule has 1 saturated heterocycles. The van der Waals surface area contributed by atoms with Gasteiger partial charge in [-0.1, -0.05) is 0 Å². The molecule has 0 aromatic rings. The Kier molecular flexibility index (Phi) is 3.98. The molecule has 0 aromatic heterocycles. The van der Waals surface area contributed by atoms with Crippen molar-refractivity contribution in [2.24, 2.45) is 5.92 Å². The van der Waals surface area contributed by atoms with Crippen molar-refractivity contribution < 1.29 is 19.4 Å². The number of likely N-dealkylation sites (tertiary alicyclic amines) is 1. The Bertz CT molecular complexity index is 168. The van der Waals surface area contributed by atoms with Crippen molar-refractivity contribution in [3.63, 3.8) is 0 Å². The minimum Gasteiger partial charge on any atom is -0.453 e. The molecular formula is C8H15NO4. The number of nitrogens with zero attached hydrogens (tertiary/aromatic N) is 1. The van der Waals surface area contributed by atoms with Gasteiger partial charge in [-0.25, -0.2) is 4.79 Å². The number of rotatable bonds is 4. The Morgan fingerprint density at radius 2 is 2.31 bits per heavy atom. The lowest BCUT2D eigenvalue weighted by molar-refractivity contribution is 0.00521. The molecule has 0 radical (unpaired) electrons. The standard InChI is InChI=1S/C8H15NO4/c1-12-8(11)9-4-7(5-9)6-13-3-2-10/h7,10H,2-6H2,1H3. The van der Waals surface area contributed by atoms with E-state index in [0.29, 0.717) is 32.2 Å². The fraction of sp³-hybridized carbons (Fsp3) is 0.875. The number of methoxy groups -OCH3 is 1. The first kappa shape index (κ1) is 10.3. The maximum Gasteiger partial charge on any atom is 0.409 e. The van der Waals surface area contributed by atoms with Crippen molar-refractivity contribution in [2.45, 2.75) is 0 Å². The number of carbonyl (C=O) groups is 1. The van der Waals surface area contributed by atoms with Gasteiger partial charge in [0, 0.05) is 19.0 Å². The quantitative estimate of drug-likeness (QED) is 0.616. The van der Waals surface area contributed by atoms with Crippen molar-refractivity contribution in [2.75, 3.05) is 40.0 Å². The average molecular weight is 189 g/mol. The highest BCUT2D eigenvalue weighted by Crippen LogP contribution is 2.16. The van der Waals surface area contributed by atoms with Gasteiger partial charge >= 0.3 is 6.09 Å². The van der Waals surface area contributed by atoms with Crippen LogP contribution < -0.4 is 0 Å². The van der Waals surface area contributed by atoms with Gasteiger partial charge in [-0.3, -0.25) is 0 Å². The van der Waals surface area contributed by atoms with Crippen LogP contribution in [0.4, 0.5) is 4.79 Å². The first-order chi connectivity index (χ1) is 6.27. The Hall–Kier alpha value is -0.810. The Labute approximate surface area is 77.2 Å². The number of hydrogen-bond acceptors (Lipinski definition) is 4. The highest BCUT2D eigenvalue weighted by Gasteiger charge is 2.30. The first-order valence-corrected chi connectivity index (χ1v) is 4.29. The third-order valence-electron chi connectivity index (χ3n) is 1.98. The van der Waals surface area contributed by atoms with Gasteiger partial charge in [-0.2, -0.15) is 0 Å². The molecule has 1 amide bonds. The van der Waals surface area contributed by atoms with E-state index in [2.05, 4.69) is 4.74 Å². The zero-order chi connectivity index (χ0) is 9.68. The molecule has 0 unspecified atom stereocenters. The summed E-state index contributed by atoms with van der Waals surface area (Å²) < 4.78 is 9.65. The van der Waals surface area contributed by atoms with Crippen LogP contribution >= 0.6 is 0 Å². The van der Waals surface area contributed by atoms with E-state index in [0.717, 1.165) is 0 Å². The number of aliphatic hydroxyl groups is 1. The van der Waals surface area contributed by atoms with Crippen LogP contribution in [-0.4, -0.2) is 56.1 Å². The SMILES string of the molecule is COC(=O)N1CC(COCCO)C1. The lowest BCUT2D eigenvalue weighted by Crippen LogP contribution is -2.51. The predicted molar refractivity (Wildman–Crippen MR) is 45.4 cm³/mol. The molecule has 0 aliphatic carbocycles. The summed E-state index contributed by atoms with van der Waals surface area (Å²) in [5.74, 6) is 0.394. The number of amides is 1. The van der Waals surface area contributed by atoms with E-state index in [1.807, 2.05) is 0 Å². The molecule has 0 bridgehead atoms. The van der Waals surface area contributed by atoms with Gasteiger partial charge in [0.15, 0.2) is 0 Å². The Balaban J connectivity index is 2.01. The van der Waals surface area contributed by atoms with Crippen molar-refractivity contribution in [3.8, 4) is 0 Å². The largest absolute Gasteiger partial charge is 0.453 e. The van der Waals surface area contributed by atoms with Gasteiger partial charge in [0.1, 0.15) is 0 Å². The predicted octanol–water partition coefficient (Wildman–Crippen LogP) is -0.307. The van der Waals surface area contributed by atoms with Crippen molar-refractivity contribution in [3.05, 3.63) is 0 Å². The summed E-state index contributed by atoms with van der Waals surface area (Å²) in [5.41, 5.74) is 0. The van der Waals surface area contributed by atoms with Gasteiger partial charge in [-0.05, 0) is 0 Å². The van der Waals surface area contributed by atoms with Gasteiger partial charge in [0.25, 0.3) is 0 Å². The lowest BCUT2D eigenvalue weighted by Gasteiger charge is -2.37. The topological polar surface area (TPSA) is 59.0 Å². The van der Waals surface area contributed by atoms with Crippen LogP contribution in [0.3, 0.4) is 0 Å². The van der Waals surface area contributed by atoms with Crippen molar-refractivity contribution >= 4 is 6.09 Å². The zero-order valence-corrected chi connectivity index (χ0v) is 7.73. The molecule has 0 atom stereocenters. The Morgan fingerprint density at radius 3 is 2.85 bits per heavy atom. The fourth-order valence-electron chi connectivity index (χ4n) is 1.27. The molecule has 0 saturated carbocycles. The van der Waals surface area contributed by atoms with Crippen LogP contribution in [0.15, 0.2) is 0 Å². The van der Waals surface area contributed by atoms with Crippen LogP contribution in [0.5, 0.6) is 0 Å². The van der Waals surface area contributed by atoms with Crippen LogP contribution in [0, 0.1) is 5.92 Å². The van der Waals surface area contributed by atoms with Gasteiger partial charge in [-0.15, -0.1) is 0 Å². The maximum absolute atomic E-state index is 10.9. The molecule has 5 nitrogen and oxygen atoms in total. The third-order valence-corrected chi connectivity index (χ3v) is 1.98.